The van der Waals surface area contributed by atoms with E-state index in [0.717, 1.165) is 0 Å². The molecule has 0 aromatic rings. The maximum atomic E-state index is 4.82. The zero-order chi connectivity index (χ0) is 9.86. The second-order valence-corrected chi connectivity index (χ2v) is 4.13. The molecule has 2 bridgehead atoms. The summed E-state index contributed by atoms with van der Waals surface area (Å²) in [5.41, 5.74) is 0.310. The predicted octanol–water partition coefficient (Wildman–Crippen LogP) is 1.46. The summed E-state index contributed by atoms with van der Waals surface area (Å²) in [6.45, 7) is 5.38. The highest BCUT2D eigenvalue weighted by molar-refractivity contribution is 5.65. The predicted molar refractivity (Wildman–Crippen MR) is 55.8 cm³/mol. The Bertz CT molecular complexity index is 266. The number of hydrogen-bond acceptors (Lipinski definition) is 3. The summed E-state index contributed by atoms with van der Waals surface area (Å²) in [5.74, 6) is 2.65. The van der Waals surface area contributed by atoms with E-state index < -0.39 is 0 Å². The van der Waals surface area contributed by atoms with Crippen molar-refractivity contribution in [1.29, 1.82) is 0 Å². The minimum Gasteiger partial charge on any atom is -0.304 e. The van der Waals surface area contributed by atoms with Crippen LogP contribution in [0, 0.1) is 17.4 Å². The van der Waals surface area contributed by atoms with E-state index in [2.05, 4.69) is 22.1 Å². The Labute approximate surface area is 85.1 Å². The van der Waals surface area contributed by atoms with Gasteiger partial charge in [0, 0.05) is 12.3 Å². The topological polar surface area (TPSA) is 24.8 Å². The van der Waals surface area contributed by atoms with Crippen molar-refractivity contribution in [2.45, 2.75) is 26.2 Å². The first-order valence-corrected chi connectivity index (χ1v) is 5.19. The summed E-state index contributed by atoms with van der Waals surface area (Å²) < 4.78 is 0. The molecule has 14 heavy (non-hydrogen) atoms. The Morgan fingerprint density at radius 2 is 1.93 bits per heavy atom. The molecule has 3 nitrogen and oxygen atoms in total. The zero-order valence-electron chi connectivity index (χ0n) is 8.62. The van der Waals surface area contributed by atoms with Crippen molar-refractivity contribution in [2.24, 2.45) is 10.6 Å². The summed E-state index contributed by atoms with van der Waals surface area (Å²) in [5, 5.41) is 3.94. The Kier molecular flexibility index (Phi) is 2.74. The van der Waals surface area contributed by atoms with Crippen LogP contribution < -0.4 is 0 Å². The normalized spacial score (nSPS) is 35.4. The average Bonchev–Trinajstić information content (AvgIpc) is 2.27. The lowest BCUT2D eigenvalue weighted by molar-refractivity contribution is 0.0758. The molecule has 0 spiro atoms. The highest BCUT2D eigenvalue weighted by Gasteiger charge is 2.38. The van der Waals surface area contributed by atoms with E-state index >= 15 is 0 Å². The SMILES string of the molecule is CC#CON=CC12CCN(CC1)CC2. The molecule has 3 saturated heterocycles. The summed E-state index contributed by atoms with van der Waals surface area (Å²) in [6.07, 6.45) is 8.13. The average molecular weight is 192 g/mol. The Morgan fingerprint density at radius 3 is 2.50 bits per heavy atom. The van der Waals surface area contributed by atoms with Crippen molar-refractivity contribution in [3.05, 3.63) is 0 Å². The fraction of sp³-hybridized carbons (Fsp3) is 0.727. The zero-order valence-corrected chi connectivity index (χ0v) is 8.62. The van der Waals surface area contributed by atoms with Crippen molar-refractivity contribution in [1.82, 2.24) is 4.90 Å². The van der Waals surface area contributed by atoms with Crippen LogP contribution in [-0.2, 0) is 4.84 Å². The Hall–Kier alpha value is -1.01. The van der Waals surface area contributed by atoms with E-state index in [-0.39, 0.29) is 0 Å². The Balaban J connectivity index is 1.93. The van der Waals surface area contributed by atoms with Gasteiger partial charge in [0.2, 0.25) is 0 Å². The summed E-state index contributed by atoms with van der Waals surface area (Å²) in [4.78, 5) is 7.34. The van der Waals surface area contributed by atoms with Crippen molar-refractivity contribution in [3.63, 3.8) is 0 Å². The maximum Gasteiger partial charge on any atom is 0.148 e. The van der Waals surface area contributed by atoms with Crippen LogP contribution in [0.3, 0.4) is 0 Å². The van der Waals surface area contributed by atoms with Gasteiger partial charge in [-0.1, -0.05) is 11.1 Å². The molecule has 3 heterocycles. The van der Waals surface area contributed by atoms with Gasteiger partial charge in [-0.3, -0.25) is 0 Å². The monoisotopic (exact) mass is 192 g/mol. The van der Waals surface area contributed by atoms with Gasteiger partial charge in [0.25, 0.3) is 0 Å². The van der Waals surface area contributed by atoms with Crippen LogP contribution in [0.1, 0.15) is 26.2 Å². The Morgan fingerprint density at radius 1 is 1.29 bits per heavy atom. The molecule has 0 amide bonds. The van der Waals surface area contributed by atoms with Crippen molar-refractivity contribution < 1.29 is 4.84 Å². The van der Waals surface area contributed by atoms with Crippen LogP contribution in [0.25, 0.3) is 0 Å². The molecule has 0 aliphatic carbocycles. The molecule has 0 aromatic carbocycles. The van der Waals surface area contributed by atoms with Gasteiger partial charge in [0.1, 0.15) is 6.11 Å². The third-order valence-corrected chi connectivity index (χ3v) is 3.30. The molecular weight excluding hydrogens is 176 g/mol. The molecule has 3 heteroatoms. The van der Waals surface area contributed by atoms with Gasteiger partial charge in [-0.05, 0) is 38.9 Å². The van der Waals surface area contributed by atoms with Crippen LogP contribution in [0.4, 0.5) is 0 Å². The maximum absolute atomic E-state index is 4.82. The van der Waals surface area contributed by atoms with Crippen LogP contribution >= 0.6 is 0 Å². The van der Waals surface area contributed by atoms with E-state index in [9.17, 15) is 0 Å². The first-order chi connectivity index (χ1) is 6.85. The molecular formula is C11H16N2O. The lowest BCUT2D eigenvalue weighted by atomic mass is 9.73. The van der Waals surface area contributed by atoms with E-state index in [1.54, 1.807) is 6.92 Å². The molecule has 3 rings (SSSR count). The largest absolute Gasteiger partial charge is 0.304 e. The molecule has 3 aliphatic heterocycles. The molecule has 0 radical (unpaired) electrons. The van der Waals surface area contributed by atoms with Gasteiger partial charge in [0.15, 0.2) is 0 Å². The van der Waals surface area contributed by atoms with Crippen LogP contribution in [0.15, 0.2) is 5.16 Å². The number of rotatable bonds is 2. The highest BCUT2D eigenvalue weighted by atomic mass is 16.6. The first-order valence-electron chi connectivity index (χ1n) is 5.19. The van der Waals surface area contributed by atoms with Gasteiger partial charge in [-0.15, -0.1) is 0 Å². The third kappa shape index (κ3) is 1.91. The number of fused-ring (bicyclic) bond motifs is 3. The van der Waals surface area contributed by atoms with Crippen molar-refractivity contribution >= 4 is 6.21 Å². The van der Waals surface area contributed by atoms with Crippen LogP contribution in [0.5, 0.6) is 0 Å². The van der Waals surface area contributed by atoms with Gasteiger partial charge in [0.05, 0.1) is 6.21 Å². The molecule has 0 unspecified atom stereocenters. The number of nitrogens with zero attached hydrogens (tertiary/aromatic N) is 2. The quantitative estimate of drug-likeness (QED) is 0.376. The highest BCUT2D eigenvalue weighted by Crippen LogP contribution is 2.38. The number of oxime groups is 1. The lowest BCUT2D eigenvalue weighted by Crippen LogP contribution is -2.48. The van der Waals surface area contributed by atoms with Gasteiger partial charge in [-0.25, -0.2) is 0 Å². The summed E-state index contributed by atoms with van der Waals surface area (Å²) in [7, 11) is 0. The van der Waals surface area contributed by atoms with E-state index in [1.165, 1.54) is 38.9 Å². The molecule has 0 aromatic heterocycles. The van der Waals surface area contributed by atoms with E-state index in [1.807, 2.05) is 6.21 Å². The first kappa shape index (κ1) is 9.54. The van der Waals surface area contributed by atoms with Crippen LogP contribution in [0.2, 0.25) is 0 Å². The lowest BCUT2D eigenvalue weighted by Gasteiger charge is -2.45. The van der Waals surface area contributed by atoms with Crippen molar-refractivity contribution in [3.8, 4) is 12.0 Å². The van der Waals surface area contributed by atoms with Gasteiger partial charge < -0.3 is 9.74 Å². The fourth-order valence-electron chi connectivity index (χ4n) is 2.26. The van der Waals surface area contributed by atoms with Gasteiger partial charge >= 0.3 is 0 Å². The molecule has 3 aliphatic rings. The van der Waals surface area contributed by atoms with Crippen LogP contribution in [-0.4, -0.2) is 30.7 Å². The molecule has 0 N–H and O–H groups in total. The van der Waals surface area contributed by atoms with E-state index in [0.29, 0.717) is 5.41 Å². The van der Waals surface area contributed by atoms with E-state index in [4.69, 9.17) is 4.84 Å². The summed E-state index contributed by atoms with van der Waals surface area (Å²) >= 11 is 0. The third-order valence-electron chi connectivity index (χ3n) is 3.30. The molecule has 76 valence electrons. The molecule has 3 fully saturated rings. The second-order valence-electron chi connectivity index (χ2n) is 4.13. The minimum atomic E-state index is 0.310. The van der Waals surface area contributed by atoms with Gasteiger partial charge in [-0.2, -0.15) is 0 Å². The minimum absolute atomic E-state index is 0.310. The molecule has 0 saturated carbocycles. The van der Waals surface area contributed by atoms with Crippen molar-refractivity contribution in [2.75, 3.05) is 19.6 Å². The smallest absolute Gasteiger partial charge is 0.148 e. The summed E-state index contributed by atoms with van der Waals surface area (Å²) in [6, 6.07) is 0. The number of hydrogen-bond donors (Lipinski definition) is 0. The number of piperidine rings is 3. The second kappa shape index (κ2) is 4.02. The molecule has 0 atom stereocenters. The fourth-order valence-corrected chi connectivity index (χ4v) is 2.26. The standard InChI is InChI=1S/C11H16N2O/c1-2-9-14-12-10-11-3-6-13(7-4-11)8-5-11/h10H,3-8H2,1H3.